The average molecular weight is 379 g/mol. The predicted molar refractivity (Wildman–Crippen MR) is 84.8 cm³/mol. The normalized spacial score (nSPS) is 12.2. The second-order valence-electron chi connectivity index (χ2n) is 4.92. The highest BCUT2D eigenvalue weighted by Crippen LogP contribution is 2.36. The van der Waals surface area contributed by atoms with Crippen LogP contribution in [0.4, 0.5) is 27.6 Å². The SMILES string of the molecule is CCSc1cc(N)cnc1-c1ccc(OCC(F)(F)C(F)(F)F)cn1. The Morgan fingerprint density at radius 1 is 1.12 bits per heavy atom. The van der Waals surface area contributed by atoms with E-state index in [2.05, 4.69) is 14.7 Å². The maximum Gasteiger partial charge on any atom is 0.456 e. The Bertz CT molecular complexity index is 722. The highest BCUT2D eigenvalue weighted by atomic mass is 32.2. The van der Waals surface area contributed by atoms with Crippen molar-refractivity contribution < 1.29 is 26.7 Å². The molecule has 25 heavy (non-hydrogen) atoms. The van der Waals surface area contributed by atoms with Crippen LogP contribution < -0.4 is 10.5 Å². The molecule has 0 aliphatic heterocycles. The van der Waals surface area contributed by atoms with E-state index in [0.717, 1.165) is 16.8 Å². The summed E-state index contributed by atoms with van der Waals surface area (Å²) in [6.45, 7) is 0.136. The molecule has 0 aromatic carbocycles. The molecule has 0 fully saturated rings. The predicted octanol–water partition coefficient (Wildman–Crippen LogP) is 4.41. The number of hydrogen-bond acceptors (Lipinski definition) is 5. The first kappa shape index (κ1) is 19.2. The Morgan fingerprint density at radius 2 is 1.84 bits per heavy atom. The average Bonchev–Trinajstić information content (AvgIpc) is 2.53. The summed E-state index contributed by atoms with van der Waals surface area (Å²) in [6.07, 6.45) is -3.15. The van der Waals surface area contributed by atoms with Crippen molar-refractivity contribution in [2.45, 2.75) is 23.9 Å². The van der Waals surface area contributed by atoms with Crippen LogP contribution in [0.25, 0.3) is 11.4 Å². The van der Waals surface area contributed by atoms with Crippen molar-refractivity contribution in [1.82, 2.24) is 9.97 Å². The molecular weight excluding hydrogens is 365 g/mol. The number of rotatable bonds is 6. The summed E-state index contributed by atoms with van der Waals surface area (Å²) in [5.74, 6) is -4.37. The van der Waals surface area contributed by atoms with Crippen LogP contribution in [-0.2, 0) is 0 Å². The largest absolute Gasteiger partial charge is 0.485 e. The molecule has 2 aromatic rings. The van der Waals surface area contributed by atoms with Crippen molar-refractivity contribution >= 4 is 17.4 Å². The summed E-state index contributed by atoms with van der Waals surface area (Å²) in [6, 6.07) is 4.42. The Kier molecular flexibility index (Phi) is 5.71. The van der Waals surface area contributed by atoms with Crippen molar-refractivity contribution in [3.63, 3.8) is 0 Å². The Balaban J connectivity index is 2.16. The summed E-state index contributed by atoms with van der Waals surface area (Å²) in [4.78, 5) is 9.00. The summed E-state index contributed by atoms with van der Waals surface area (Å²) in [5.41, 5.74) is 7.13. The van der Waals surface area contributed by atoms with E-state index in [1.807, 2.05) is 6.92 Å². The molecule has 0 aliphatic carbocycles. The van der Waals surface area contributed by atoms with Crippen LogP contribution in [0.15, 0.2) is 35.5 Å². The van der Waals surface area contributed by atoms with Crippen molar-refractivity contribution in [2.75, 3.05) is 18.1 Å². The van der Waals surface area contributed by atoms with Crippen LogP contribution in [-0.4, -0.2) is 34.4 Å². The van der Waals surface area contributed by atoms with Gasteiger partial charge in [0.1, 0.15) is 11.4 Å². The van der Waals surface area contributed by atoms with E-state index in [-0.39, 0.29) is 5.75 Å². The Hall–Kier alpha value is -2.10. The van der Waals surface area contributed by atoms with E-state index in [1.165, 1.54) is 30.1 Å². The summed E-state index contributed by atoms with van der Waals surface area (Å²) in [5, 5.41) is 0. The summed E-state index contributed by atoms with van der Waals surface area (Å²) in [7, 11) is 0. The molecule has 2 N–H and O–H groups in total. The smallest absolute Gasteiger partial charge is 0.456 e. The fourth-order valence-corrected chi connectivity index (χ4v) is 2.60. The van der Waals surface area contributed by atoms with Crippen molar-refractivity contribution in [2.24, 2.45) is 0 Å². The van der Waals surface area contributed by atoms with E-state index in [0.29, 0.717) is 17.1 Å². The second kappa shape index (κ2) is 7.42. The van der Waals surface area contributed by atoms with Gasteiger partial charge in [-0.15, -0.1) is 11.8 Å². The van der Waals surface area contributed by atoms with Gasteiger partial charge in [0.05, 0.1) is 23.8 Å². The Morgan fingerprint density at radius 3 is 2.40 bits per heavy atom. The zero-order valence-corrected chi connectivity index (χ0v) is 13.8. The van der Waals surface area contributed by atoms with Gasteiger partial charge in [-0.2, -0.15) is 22.0 Å². The van der Waals surface area contributed by atoms with Gasteiger partial charge in [0, 0.05) is 4.90 Å². The summed E-state index contributed by atoms with van der Waals surface area (Å²) >= 11 is 1.49. The van der Waals surface area contributed by atoms with Crippen molar-refractivity contribution in [3.8, 4) is 17.1 Å². The standard InChI is InChI=1S/C15H14F5N3OS/c1-2-25-12-5-9(21)6-23-13(12)11-4-3-10(7-22-11)24-8-14(16,17)15(18,19)20/h3-7H,2,8,21H2,1H3. The zero-order valence-electron chi connectivity index (χ0n) is 13.0. The molecule has 2 heterocycles. The molecular formula is C15H14F5N3OS. The lowest BCUT2D eigenvalue weighted by atomic mass is 10.2. The number of nitrogens with two attached hydrogens (primary N) is 1. The molecule has 0 radical (unpaired) electrons. The number of ether oxygens (including phenoxy) is 1. The monoisotopic (exact) mass is 379 g/mol. The lowest BCUT2D eigenvalue weighted by molar-refractivity contribution is -0.290. The number of aromatic nitrogens is 2. The van der Waals surface area contributed by atoms with E-state index < -0.39 is 18.7 Å². The molecule has 136 valence electrons. The van der Waals surface area contributed by atoms with Gasteiger partial charge >= 0.3 is 12.1 Å². The fraction of sp³-hybridized carbons (Fsp3) is 0.333. The molecule has 0 unspecified atom stereocenters. The molecule has 2 rings (SSSR count). The van der Waals surface area contributed by atoms with Crippen LogP contribution in [0.5, 0.6) is 5.75 Å². The van der Waals surface area contributed by atoms with Crippen LogP contribution in [0.1, 0.15) is 6.92 Å². The number of halogens is 5. The third-order valence-corrected chi connectivity index (χ3v) is 3.90. The lowest BCUT2D eigenvalue weighted by Gasteiger charge is -2.19. The van der Waals surface area contributed by atoms with Crippen molar-refractivity contribution in [1.29, 1.82) is 0 Å². The second-order valence-corrected chi connectivity index (χ2v) is 6.22. The van der Waals surface area contributed by atoms with E-state index in [4.69, 9.17) is 5.73 Å². The first-order valence-corrected chi connectivity index (χ1v) is 8.04. The highest BCUT2D eigenvalue weighted by molar-refractivity contribution is 7.99. The van der Waals surface area contributed by atoms with Gasteiger partial charge in [0.2, 0.25) is 0 Å². The van der Waals surface area contributed by atoms with Gasteiger partial charge in [0.15, 0.2) is 6.61 Å². The van der Waals surface area contributed by atoms with Gasteiger partial charge in [-0.05, 0) is 24.0 Å². The minimum atomic E-state index is -5.67. The molecule has 0 aliphatic rings. The molecule has 0 amide bonds. The van der Waals surface area contributed by atoms with Gasteiger partial charge < -0.3 is 10.5 Å². The molecule has 0 bridgehead atoms. The minimum Gasteiger partial charge on any atom is -0.485 e. The molecule has 0 saturated carbocycles. The molecule has 0 atom stereocenters. The third-order valence-electron chi connectivity index (χ3n) is 2.99. The highest BCUT2D eigenvalue weighted by Gasteiger charge is 2.58. The van der Waals surface area contributed by atoms with Gasteiger partial charge in [-0.1, -0.05) is 6.92 Å². The van der Waals surface area contributed by atoms with Gasteiger partial charge in [-0.3, -0.25) is 9.97 Å². The van der Waals surface area contributed by atoms with Crippen molar-refractivity contribution in [3.05, 3.63) is 30.6 Å². The Labute approximate surface area is 144 Å². The van der Waals surface area contributed by atoms with E-state index in [9.17, 15) is 22.0 Å². The fourth-order valence-electron chi connectivity index (χ4n) is 1.78. The minimum absolute atomic E-state index is 0.201. The number of nitrogen functional groups attached to an aromatic ring is 1. The number of pyridine rings is 2. The number of anilines is 1. The first-order valence-electron chi connectivity index (χ1n) is 7.06. The quantitative estimate of drug-likeness (QED) is 0.595. The topological polar surface area (TPSA) is 61.0 Å². The molecule has 0 saturated heterocycles. The van der Waals surface area contributed by atoms with E-state index >= 15 is 0 Å². The van der Waals surface area contributed by atoms with Crippen LogP contribution in [0, 0.1) is 0 Å². The number of thioether (sulfide) groups is 1. The molecule has 10 heteroatoms. The molecule has 0 spiro atoms. The van der Waals surface area contributed by atoms with Crippen LogP contribution in [0.3, 0.4) is 0 Å². The maximum absolute atomic E-state index is 12.8. The third kappa shape index (κ3) is 4.71. The summed E-state index contributed by atoms with van der Waals surface area (Å²) < 4.78 is 66.5. The number of alkyl halides is 5. The van der Waals surface area contributed by atoms with E-state index in [1.54, 1.807) is 6.07 Å². The lowest BCUT2D eigenvalue weighted by Crippen LogP contribution is -2.41. The molecule has 2 aromatic heterocycles. The molecule has 4 nitrogen and oxygen atoms in total. The number of hydrogen-bond donors (Lipinski definition) is 1. The first-order chi connectivity index (χ1) is 11.6. The van der Waals surface area contributed by atoms with Gasteiger partial charge in [0.25, 0.3) is 0 Å². The maximum atomic E-state index is 12.8. The van der Waals surface area contributed by atoms with Crippen LogP contribution in [0.2, 0.25) is 0 Å². The zero-order chi connectivity index (χ0) is 18.7. The van der Waals surface area contributed by atoms with Gasteiger partial charge in [-0.25, -0.2) is 0 Å². The number of nitrogens with zero attached hydrogens (tertiary/aromatic N) is 2. The van der Waals surface area contributed by atoms with Crippen LogP contribution >= 0.6 is 11.8 Å².